The zero-order valence-electron chi connectivity index (χ0n) is 20.8. The second kappa shape index (κ2) is 7.62. The van der Waals surface area contributed by atoms with Crippen LogP contribution in [0, 0.1) is 28.6 Å². The summed E-state index contributed by atoms with van der Waals surface area (Å²) >= 11 is 0. The summed E-state index contributed by atoms with van der Waals surface area (Å²) < 4.78 is 5.70. The van der Waals surface area contributed by atoms with Gasteiger partial charge in [0, 0.05) is 29.9 Å². The van der Waals surface area contributed by atoms with Crippen LogP contribution in [0.1, 0.15) is 72.6 Å². The number of cyclic esters (lactones) is 1. The van der Waals surface area contributed by atoms with E-state index < -0.39 is 34.1 Å². The molecule has 8 unspecified atom stereocenters. The number of ketones is 1. The van der Waals surface area contributed by atoms with Crippen molar-refractivity contribution >= 4 is 11.8 Å². The molecule has 0 aromatic carbocycles. The van der Waals surface area contributed by atoms with Gasteiger partial charge in [0.1, 0.15) is 11.7 Å². The van der Waals surface area contributed by atoms with E-state index in [1.807, 2.05) is 19.9 Å². The molecule has 4 aliphatic carbocycles. The van der Waals surface area contributed by atoms with Gasteiger partial charge in [0.25, 0.3) is 0 Å². The van der Waals surface area contributed by atoms with Gasteiger partial charge in [-0.2, -0.15) is 0 Å². The van der Waals surface area contributed by atoms with Crippen LogP contribution in [0.2, 0.25) is 0 Å². The molecule has 8 atom stereocenters. The molecule has 0 radical (unpaired) electrons. The smallest absolute Gasteiger partial charge is 0.334 e. The van der Waals surface area contributed by atoms with E-state index in [0.717, 1.165) is 17.6 Å². The molecule has 5 aliphatic rings. The Morgan fingerprint density at radius 2 is 1.91 bits per heavy atom. The second-order valence-electron chi connectivity index (χ2n) is 12.0. The first-order chi connectivity index (χ1) is 15.9. The van der Waals surface area contributed by atoms with Crippen LogP contribution in [0.4, 0.5) is 0 Å². The van der Waals surface area contributed by atoms with E-state index in [1.165, 1.54) is 0 Å². The number of rotatable bonds is 3. The molecule has 0 spiro atoms. The van der Waals surface area contributed by atoms with Gasteiger partial charge in [-0.05, 0) is 84.1 Å². The van der Waals surface area contributed by atoms with Crippen LogP contribution in [-0.2, 0) is 14.3 Å². The number of esters is 1. The first-order valence-electron chi connectivity index (χ1n) is 12.8. The third-order valence-corrected chi connectivity index (χ3v) is 10.7. The molecule has 0 amide bonds. The van der Waals surface area contributed by atoms with Gasteiger partial charge in [0.2, 0.25) is 0 Å². The Labute approximate surface area is 201 Å². The van der Waals surface area contributed by atoms with Crippen LogP contribution in [0.15, 0.2) is 34.9 Å². The maximum absolute atomic E-state index is 13.1. The molecule has 0 bridgehead atoms. The molecule has 6 heteroatoms. The maximum atomic E-state index is 13.1. The fraction of sp³-hybridized carbons (Fsp3) is 0.714. The second-order valence-corrected chi connectivity index (χ2v) is 12.0. The summed E-state index contributed by atoms with van der Waals surface area (Å²) in [6.07, 6.45) is 9.11. The third-order valence-electron chi connectivity index (χ3n) is 10.7. The predicted octanol–water partition coefficient (Wildman–Crippen LogP) is 3.40. The van der Waals surface area contributed by atoms with E-state index in [-0.39, 0.29) is 30.1 Å². The van der Waals surface area contributed by atoms with Gasteiger partial charge in [0.15, 0.2) is 5.78 Å². The highest BCUT2D eigenvalue weighted by atomic mass is 16.6. The summed E-state index contributed by atoms with van der Waals surface area (Å²) in [6.45, 7) is 7.20. The minimum atomic E-state index is -1.35. The van der Waals surface area contributed by atoms with Crippen molar-refractivity contribution in [1.29, 1.82) is 0 Å². The summed E-state index contributed by atoms with van der Waals surface area (Å²) in [6, 6.07) is 0. The van der Waals surface area contributed by atoms with E-state index in [0.29, 0.717) is 44.1 Å². The Morgan fingerprint density at radius 1 is 1.18 bits per heavy atom. The lowest BCUT2D eigenvalue weighted by molar-refractivity contribution is -0.217. The lowest BCUT2D eigenvalue weighted by atomic mass is 9.44. The van der Waals surface area contributed by atoms with Crippen molar-refractivity contribution < 1.29 is 29.6 Å². The van der Waals surface area contributed by atoms with Gasteiger partial charge in [0.05, 0.1) is 11.0 Å². The number of fused-ring (bicyclic) bond motifs is 5. The van der Waals surface area contributed by atoms with Gasteiger partial charge in [-0.3, -0.25) is 4.79 Å². The van der Waals surface area contributed by atoms with Crippen LogP contribution < -0.4 is 0 Å². The summed E-state index contributed by atoms with van der Waals surface area (Å²) in [5, 5.41) is 35.0. The predicted molar refractivity (Wildman–Crippen MR) is 126 cm³/mol. The minimum absolute atomic E-state index is 0.0536. The first kappa shape index (κ1) is 24.0. The fourth-order valence-corrected chi connectivity index (χ4v) is 8.63. The van der Waals surface area contributed by atoms with Crippen LogP contribution >= 0.6 is 0 Å². The molecule has 0 saturated heterocycles. The monoisotopic (exact) mass is 470 g/mol. The molecule has 6 nitrogen and oxygen atoms in total. The highest BCUT2D eigenvalue weighted by Gasteiger charge is 2.70. The average Bonchev–Trinajstić information content (AvgIpc) is 3.20. The Balaban J connectivity index is 1.51. The SMILES string of the molecule is CC1=C(C)C(=O)OC(C(C)(O)C2CCC3C4(O)CC=C5CC=CC(=O)C5(C)C4CCC23CO)C1. The minimum Gasteiger partial charge on any atom is -0.456 e. The van der Waals surface area contributed by atoms with Gasteiger partial charge in [-0.15, -0.1) is 0 Å². The van der Waals surface area contributed by atoms with Crippen molar-refractivity contribution in [3.05, 3.63) is 34.9 Å². The topological polar surface area (TPSA) is 104 Å². The number of carbonyl (C=O) groups excluding carboxylic acids is 2. The molecule has 186 valence electrons. The maximum Gasteiger partial charge on any atom is 0.334 e. The van der Waals surface area contributed by atoms with Crippen LogP contribution in [0.25, 0.3) is 0 Å². The lowest BCUT2D eigenvalue weighted by Crippen LogP contribution is -2.65. The molecule has 34 heavy (non-hydrogen) atoms. The van der Waals surface area contributed by atoms with Gasteiger partial charge >= 0.3 is 5.97 Å². The summed E-state index contributed by atoms with van der Waals surface area (Å²) in [4.78, 5) is 25.5. The van der Waals surface area contributed by atoms with Crippen molar-refractivity contribution in [3.63, 3.8) is 0 Å². The van der Waals surface area contributed by atoms with E-state index in [2.05, 4.69) is 6.08 Å². The molecule has 5 rings (SSSR count). The molecule has 1 aliphatic heterocycles. The number of aliphatic hydroxyl groups is 3. The average molecular weight is 471 g/mol. The van der Waals surface area contributed by atoms with Crippen molar-refractivity contribution in [1.82, 2.24) is 0 Å². The highest BCUT2D eigenvalue weighted by molar-refractivity contribution is 5.98. The standard InChI is InChI=1S/C28H38O6/c1-16-14-23(34-24(31)17(16)2)26(4,32)20-8-9-21-27(20,15-29)12-11-19-25(3)18(6-5-7-22(25)30)10-13-28(19,21)33/h5,7,10,19-21,23,29,32-33H,6,8-9,11-15H2,1-4H3. The van der Waals surface area contributed by atoms with Crippen molar-refractivity contribution in [3.8, 4) is 0 Å². The number of ether oxygens (including phenoxy) is 1. The van der Waals surface area contributed by atoms with Crippen LogP contribution in [0.5, 0.6) is 0 Å². The summed E-state index contributed by atoms with van der Waals surface area (Å²) in [7, 11) is 0. The van der Waals surface area contributed by atoms with Gasteiger partial charge < -0.3 is 20.1 Å². The number of hydrogen-bond donors (Lipinski definition) is 3. The Morgan fingerprint density at radius 3 is 2.59 bits per heavy atom. The quantitative estimate of drug-likeness (QED) is 0.431. The zero-order valence-corrected chi connectivity index (χ0v) is 20.8. The van der Waals surface area contributed by atoms with Crippen molar-refractivity contribution in [2.24, 2.45) is 28.6 Å². The van der Waals surface area contributed by atoms with E-state index >= 15 is 0 Å². The van der Waals surface area contributed by atoms with Crippen LogP contribution in [0.3, 0.4) is 0 Å². The number of allylic oxidation sites excluding steroid dienone is 3. The van der Waals surface area contributed by atoms with Crippen molar-refractivity contribution in [2.75, 3.05) is 6.61 Å². The molecular formula is C28H38O6. The van der Waals surface area contributed by atoms with E-state index in [4.69, 9.17) is 4.74 Å². The van der Waals surface area contributed by atoms with Crippen LogP contribution in [-0.4, -0.2) is 51.0 Å². The third kappa shape index (κ3) is 2.91. The Kier molecular flexibility index (Phi) is 5.37. The molecule has 0 aromatic heterocycles. The molecule has 0 aromatic rings. The molecule has 1 heterocycles. The Hall–Kier alpha value is -1.76. The Bertz CT molecular complexity index is 1020. The lowest BCUT2D eigenvalue weighted by Gasteiger charge is -2.61. The summed E-state index contributed by atoms with van der Waals surface area (Å²) in [5.41, 5.74) is -1.28. The number of aliphatic hydroxyl groups excluding tert-OH is 1. The normalized spacial score (nSPS) is 45.7. The van der Waals surface area contributed by atoms with E-state index in [9.17, 15) is 24.9 Å². The van der Waals surface area contributed by atoms with Gasteiger partial charge in [-0.25, -0.2) is 4.79 Å². The highest BCUT2D eigenvalue weighted by Crippen LogP contribution is 2.68. The first-order valence-corrected chi connectivity index (χ1v) is 12.8. The number of carbonyl (C=O) groups is 2. The number of hydrogen-bond acceptors (Lipinski definition) is 6. The van der Waals surface area contributed by atoms with Gasteiger partial charge in [-0.1, -0.05) is 23.3 Å². The van der Waals surface area contributed by atoms with Crippen molar-refractivity contribution in [2.45, 2.75) is 89.9 Å². The zero-order chi connectivity index (χ0) is 24.7. The van der Waals surface area contributed by atoms with E-state index in [1.54, 1.807) is 19.9 Å². The molecule has 3 N–H and O–H groups in total. The molecule has 2 fully saturated rings. The molecule has 2 saturated carbocycles. The largest absolute Gasteiger partial charge is 0.456 e. The summed E-state index contributed by atoms with van der Waals surface area (Å²) in [5.74, 6) is -1.13. The molecular weight excluding hydrogens is 432 g/mol. The fourth-order valence-electron chi connectivity index (χ4n) is 8.63.